The average molecular weight is 346 g/mol. The summed E-state index contributed by atoms with van der Waals surface area (Å²) in [6.45, 7) is 0. The van der Waals surface area contributed by atoms with Crippen LogP contribution in [0.2, 0.25) is 5.02 Å². The fourth-order valence-corrected chi connectivity index (χ4v) is 4.47. The first-order valence-electron chi connectivity index (χ1n) is 6.04. The minimum absolute atomic E-state index is 0.0459. The van der Waals surface area contributed by atoms with Crippen LogP contribution in [0.3, 0.4) is 0 Å². The summed E-state index contributed by atoms with van der Waals surface area (Å²) in [6, 6.07) is 10.2. The number of thioether (sulfide) groups is 1. The molecule has 21 heavy (non-hydrogen) atoms. The molecule has 0 aromatic heterocycles. The Morgan fingerprint density at radius 2 is 1.81 bits per heavy atom. The number of hydrogen-bond acceptors (Lipinski definition) is 4. The third kappa shape index (κ3) is 4.62. The van der Waals surface area contributed by atoms with Gasteiger partial charge in [0.1, 0.15) is 5.82 Å². The third-order valence-corrected chi connectivity index (χ3v) is 5.91. The van der Waals surface area contributed by atoms with E-state index in [4.69, 9.17) is 17.3 Å². The summed E-state index contributed by atoms with van der Waals surface area (Å²) in [5.74, 6) is -0.165. The van der Waals surface area contributed by atoms with Crippen molar-refractivity contribution in [3.8, 4) is 0 Å². The summed E-state index contributed by atoms with van der Waals surface area (Å²) in [5.41, 5.74) is 5.86. The Morgan fingerprint density at radius 1 is 1.14 bits per heavy atom. The molecule has 0 unspecified atom stereocenters. The molecule has 0 aliphatic carbocycles. The van der Waals surface area contributed by atoms with Gasteiger partial charge < -0.3 is 5.73 Å². The molecular weight excluding hydrogens is 333 g/mol. The van der Waals surface area contributed by atoms with Crippen LogP contribution < -0.4 is 5.73 Å². The Hall–Kier alpha value is -1.24. The van der Waals surface area contributed by atoms with Crippen LogP contribution in [0.4, 0.5) is 10.1 Å². The average Bonchev–Trinajstić information content (AvgIpc) is 2.37. The lowest BCUT2D eigenvalue weighted by atomic mass is 10.3. The SMILES string of the molecule is Nc1cc(F)cc(SCCS(=O)(=O)c2ccc(Cl)cc2)c1. The van der Waals surface area contributed by atoms with Gasteiger partial charge in [-0.1, -0.05) is 11.6 Å². The molecule has 0 heterocycles. The molecule has 0 aliphatic heterocycles. The minimum Gasteiger partial charge on any atom is -0.399 e. The van der Waals surface area contributed by atoms with Crippen LogP contribution in [-0.4, -0.2) is 19.9 Å². The number of sulfone groups is 1. The zero-order chi connectivity index (χ0) is 15.5. The van der Waals surface area contributed by atoms with Gasteiger partial charge in [-0.15, -0.1) is 11.8 Å². The first kappa shape index (κ1) is 16.1. The number of anilines is 1. The van der Waals surface area contributed by atoms with Crippen molar-refractivity contribution in [2.24, 2.45) is 0 Å². The maximum atomic E-state index is 13.2. The second-order valence-electron chi connectivity index (χ2n) is 4.34. The number of benzene rings is 2. The Labute approximate surface area is 132 Å². The van der Waals surface area contributed by atoms with Crippen molar-refractivity contribution >= 4 is 38.9 Å². The third-order valence-electron chi connectivity index (χ3n) is 2.69. The van der Waals surface area contributed by atoms with Gasteiger partial charge in [-0.25, -0.2) is 12.8 Å². The molecular formula is C14H13ClFNO2S2. The lowest BCUT2D eigenvalue weighted by Gasteiger charge is -2.06. The minimum atomic E-state index is -3.37. The van der Waals surface area contributed by atoms with Gasteiger partial charge in [0, 0.05) is 21.4 Å². The van der Waals surface area contributed by atoms with Crippen molar-refractivity contribution < 1.29 is 12.8 Å². The first-order chi connectivity index (χ1) is 9.87. The van der Waals surface area contributed by atoms with E-state index in [2.05, 4.69) is 0 Å². The largest absolute Gasteiger partial charge is 0.399 e. The highest BCUT2D eigenvalue weighted by Gasteiger charge is 2.14. The van der Waals surface area contributed by atoms with Crippen LogP contribution in [0.5, 0.6) is 0 Å². The monoisotopic (exact) mass is 345 g/mol. The van der Waals surface area contributed by atoms with Gasteiger partial charge in [-0.2, -0.15) is 0 Å². The lowest BCUT2D eigenvalue weighted by molar-refractivity contribution is 0.597. The van der Waals surface area contributed by atoms with Crippen molar-refractivity contribution in [1.82, 2.24) is 0 Å². The molecule has 3 nitrogen and oxygen atoms in total. The predicted octanol–water partition coefficient (Wildman–Crippen LogP) is 3.63. The Kier molecular flexibility index (Phi) is 5.13. The van der Waals surface area contributed by atoms with Gasteiger partial charge in [-0.3, -0.25) is 0 Å². The molecule has 0 atom stereocenters. The molecule has 2 aromatic rings. The Bertz CT molecular complexity index is 713. The van der Waals surface area contributed by atoms with Gasteiger partial charge in [-0.05, 0) is 42.5 Å². The van der Waals surface area contributed by atoms with E-state index in [9.17, 15) is 12.8 Å². The van der Waals surface area contributed by atoms with E-state index in [0.717, 1.165) is 0 Å². The summed E-state index contributed by atoms with van der Waals surface area (Å²) in [6.07, 6.45) is 0. The van der Waals surface area contributed by atoms with E-state index in [0.29, 0.717) is 21.4 Å². The highest BCUT2D eigenvalue weighted by atomic mass is 35.5. The summed E-state index contributed by atoms with van der Waals surface area (Å²) in [7, 11) is -3.37. The molecule has 0 bridgehead atoms. The first-order valence-corrected chi connectivity index (χ1v) is 9.05. The lowest BCUT2D eigenvalue weighted by Crippen LogP contribution is -2.08. The van der Waals surface area contributed by atoms with Crippen molar-refractivity contribution in [2.45, 2.75) is 9.79 Å². The van der Waals surface area contributed by atoms with Gasteiger partial charge >= 0.3 is 0 Å². The van der Waals surface area contributed by atoms with Crippen LogP contribution in [-0.2, 0) is 9.84 Å². The topological polar surface area (TPSA) is 60.2 Å². The number of halogens is 2. The molecule has 0 amide bonds. The fraction of sp³-hybridized carbons (Fsp3) is 0.143. The van der Waals surface area contributed by atoms with Gasteiger partial charge in [0.15, 0.2) is 9.84 Å². The molecule has 2 rings (SSSR count). The van der Waals surface area contributed by atoms with Crippen LogP contribution >= 0.6 is 23.4 Å². The smallest absolute Gasteiger partial charge is 0.179 e. The Balaban J connectivity index is 2.00. The van der Waals surface area contributed by atoms with E-state index in [1.165, 1.54) is 48.2 Å². The van der Waals surface area contributed by atoms with Crippen LogP contribution in [0, 0.1) is 5.82 Å². The van der Waals surface area contributed by atoms with E-state index < -0.39 is 15.7 Å². The molecule has 7 heteroatoms. The summed E-state index contributed by atoms with van der Waals surface area (Å²) in [5, 5.41) is 0.485. The van der Waals surface area contributed by atoms with Crippen molar-refractivity contribution in [1.29, 1.82) is 0 Å². The normalized spacial score (nSPS) is 11.5. The maximum absolute atomic E-state index is 13.2. The summed E-state index contributed by atoms with van der Waals surface area (Å²) >= 11 is 6.98. The molecule has 0 aliphatic rings. The molecule has 2 aromatic carbocycles. The second kappa shape index (κ2) is 6.68. The summed E-state index contributed by atoms with van der Waals surface area (Å²) in [4.78, 5) is 0.838. The van der Waals surface area contributed by atoms with Crippen molar-refractivity contribution in [3.63, 3.8) is 0 Å². The van der Waals surface area contributed by atoms with E-state index >= 15 is 0 Å². The number of nitrogens with two attached hydrogens (primary N) is 1. The van der Waals surface area contributed by atoms with Gasteiger partial charge in [0.25, 0.3) is 0 Å². The number of hydrogen-bond donors (Lipinski definition) is 1. The predicted molar refractivity (Wildman–Crippen MR) is 85.0 cm³/mol. The zero-order valence-electron chi connectivity index (χ0n) is 10.9. The van der Waals surface area contributed by atoms with Crippen LogP contribution in [0.15, 0.2) is 52.3 Å². The molecule has 112 valence electrons. The maximum Gasteiger partial charge on any atom is 0.179 e. The molecule has 0 spiro atoms. The van der Waals surface area contributed by atoms with Gasteiger partial charge in [0.05, 0.1) is 10.6 Å². The highest BCUT2D eigenvalue weighted by Crippen LogP contribution is 2.23. The Morgan fingerprint density at radius 3 is 2.43 bits per heavy atom. The second-order valence-corrected chi connectivity index (χ2v) is 8.06. The molecule has 2 N–H and O–H groups in total. The van der Waals surface area contributed by atoms with E-state index in [-0.39, 0.29) is 10.6 Å². The zero-order valence-corrected chi connectivity index (χ0v) is 13.3. The summed E-state index contributed by atoms with van der Waals surface area (Å²) < 4.78 is 37.4. The van der Waals surface area contributed by atoms with Gasteiger partial charge in [0.2, 0.25) is 0 Å². The standard InChI is InChI=1S/C14H13ClFNO2S2/c15-10-1-3-14(4-2-10)21(18,19)6-5-20-13-8-11(16)7-12(17)9-13/h1-4,7-9H,5-6,17H2. The molecule has 0 saturated heterocycles. The molecule has 0 radical (unpaired) electrons. The van der Waals surface area contributed by atoms with Crippen LogP contribution in [0.1, 0.15) is 0 Å². The van der Waals surface area contributed by atoms with Crippen LogP contribution in [0.25, 0.3) is 0 Å². The fourth-order valence-electron chi connectivity index (χ4n) is 1.70. The van der Waals surface area contributed by atoms with Crippen molar-refractivity contribution in [3.05, 3.63) is 53.3 Å². The number of nitrogen functional groups attached to an aromatic ring is 1. The quantitative estimate of drug-likeness (QED) is 0.664. The highest BCUT2D eigenvalue weighted by molar-refractivity contribution is 8.00. The molecule has 0 fully saturated rings. The molecule has 0 saturated carbocycles. The van der Waals surface area contributed by atoms with E-state index in [1.807, 2.05) is 0 Å². The number of rotatable bonds is 5. The van der Waals surface area contributed by atoms with E-state index in [1.54, 1.807) is 6.07 Å². The van der Waals surface area contributed by atoms with Crippen molar-refractivity contribution in [2.75, 3.05) is 17.2 Å².